The number of ether oxygens (including phenoxy) is 3. The third kappa shape index (κ3) is 3.45. The van der Waals surface area contributed by atoms with Crippen LogP contribution in [0.2, 0.25) is 0 Å². The molecule has 0 aliphatic carbocycles. The molecular weight excluding hydrogens is 410 g/mol. The van der Waals surface area contributed by atoms with E-state index in [-0.39, 0.29) is 0 Å². The molecule has 1 aliphatic heterocycles. The first-order valence-electron chi connectivity index (χ1n) is 10.1. The Morgan fingerprint density at radius 3 is 2.35 bits per heavy atom. The lowest BCUT2D eigenvalue weighted by atomic mass is 9.98. The fourth-order valence-corrected chi connectivity index (χ4v) is 5.06. The summed E-state index contributed by atoms with van der Waals surface area (Å²) in [5.74, 6) is 3.35. The molecule has 3 heterocycles. The largest absolute Gasteiger partial charge is 0.497 e. The van der Waals surface area contributed by atoms with Gasteiger partial charge in [-0.15, -0.1) is 11.3 Å². The van der Waals surface area contributed by atoms with Gasteiger partial charge in [0.2, 0.25) is 0 Å². The number of hydrogen-bond acceptors (Lipinski definition) is 7. The number of methoxy groups -OCH3 is 3. The number of fused-ring (bicyclic) bond motifs is 2. The smallest absolute Gasteiger partial charge is 0.161 e. The van der Waals surface area contributed by atoms with Crippen LogP contribution in [-0.4, -0.2) is 37.8 Å². The van der Waals surface area contributed by atoms with Crippen LogP contribution in [0.5, 0.6) is 17.2 Å². The molecule has 0 N–H and O–H groups in total. The highest BCUT2D eigenvalue weighted by Crippen LogP contribution is 2.40. The third-order valence-electron chi connectivity index (χ3n) is 5.77. The van der Waals surface area contributed by atoms with E-state index in [4.69, 9.17) is 19.2 Å². The summed E-state index contributed by atoms with van der Waals surface area (Å²) >= 11 is 1.65. The first-order valence-corrected chi connectivity index (χ1v) is 10.9. The second-order valence-electron chi connectivity index (χ2n) is 7.40. The second-order valence-corrected chi connectivity index (χ2v) is 8.26. The Hall–Kier alpha value is -3.32. The van der Waals surface area contributed by atoms with Gasteiger partial charge in [-0.2, -0.15) is 0 Å². The van der Waals surface area contributed by atoms with E-state index in [1.165, 1.54) is 11.1 Å². The molecule has 2 aromatic carbocycles. The van der Waals surface area contributed by atoms with Crippen LogP contribution in [0.15, 0.2) is 48.1 Å². The van der Waals surface area contributed by atoms with Gasteiger partial charge in [0.05, 0.1) is 26.7 Å². The molecule has 7 heteroatoms. The van der Waals surface area contributed by atoms with Crippen LogP contribution in [0, 0.1) is 0 Å². The maximum Gasteiger partial charge on any atom is 0.161 e. The fraction of sp³-hybridized carbons (Fsp3) is 0.250. The van der Waals surface area contributed by atoms with E-state index in [1.807, 2.05) is 12.1 Å². The minimum Gasteiger partial charge on any atom is -0.497 e. The molecule has 0 fully saturated rings. The van der Waals surface area contributed by atoms with Crippen LogP contribution in [0.25, 0.3) is 21.3 Å². The van der Waals surface area contributed by atoms with E-state index in [0.717, 1.165) is 63.9 Å². The van der Waals surface area contributed by atoms with Crippen molar-refractivity contribution in [2.24, 2.45) is 0 Å². The Balaban J connectivity index is 1.56. The van der Waals surface area contributed by atoms with Gasteiger partial charge in [0.15, 0.2) is 11.5 Å². The molecule has 6 nitrogen and oxygen atoms in total. The third-order valence-corrected chi connectivity index (χ3v) is 6.66. The Morgan fingerprint density at radius 1 is 0.903 bits per heavy atom. The molecule has 0 radical (unpaired) electrons. The standard InChI is InChI=1S/C24H23N3O3S/c1-28-18-6-4-15(5-7-18)19-13-31-24-22(19)23(25-14-26-24)27-9-8-16-10-20(29-2)21(30-3)11-17(16)12-27/h4-7,10-11,13-14H,8-9,12H2,1-3H3. The molecule has 0 atom stereocenters. The topological polar surface area (TPSA) is 56.7 Å². The van der Waals surface area contributed by atoms with Gasteiger partial charge in [0, 0.05) is 24.0 Å². The van der Waals surface area contributed by atoms with E-state index in [1.54, 1.807) is 39.0 Å². The van der Waals surface area contributed by atoms with Gasteiger partial charge in [-0.05, 0) is 47.4 Å². The van der Waals surface area contributed by atoms with Crippen LogP contribution in [0.4, 0.5) is 5.82 Å². The lowest BCUT2D eigenvalue weighted by Gasteiger charge is -2.31. The van der Waals surface area contributed by atoms with E-state index < -0.39 is 0 Å². The Bertz CT molecular complexity index is 1240. The zero-order valence-corrected chi connectivity index (χ0v) is 18.5. The average Bonchev–Trinajstić information content (AvgIpc) is 3.27. The van der Waals surface area contributed by atoms with Crippen molar-refractivity contribution in [3.8, 4) is 28.4 Å². The van der Waals surface area contributed by atoms with Crippen molar-refractivity contribution in [2.45, 2.75) is 13.0 Å². The zero-order valence-electron chi connectivity index (χ0n) is 17.7. The molecule has 0 unspecified atom stereocenters. The van der Waals surface area contributed by atoms with Gasteiger partial charge in [-0.3, -0.25) is 0 Å². The molecule has 158 valence electrons. The number of thiophene rings is 1. The van der Waals surface area contributed by atoms with Crippen molar-refractivity contribution in [3.63, 3.8) is 0 Å². The van der Waals surface area contributed by atoms with Gasteiger partial charge < -0.3 is 19.1 Å². The minimum atomic E-state index is 0.755. The molecule has 0 saturated carbocycles. The van der Waals surface area contributed by atoms with Crippen LogP contribution in [0.3, 0.4) is 0 Å². The Morgan fingerprint density at radius 2 is 1.65 bits per heavy atom. The highest BCUT2D eigenvalue weighted by molar-refractivity contribution is 7.17. The molecule has 0 saturated heterocycles. The summed E-state index contributed by atoms with van der Waals surface area (Å²) in [6.45, 7) is 1.65. The average molecular weight is 434 g/mol. The summed E-state index contributed by atoms with van der Waals surface area (Å²) in [6.07, 6.45) is 2.58. The van der Waals surface area contributed by atoms with Crippen LogP contribution >= 0.6 is 11.3 Å². The fourth-order valence-electron chi connectivity index (χ4n) is 4.15. The molecule has 31 heavy (non-hydrogen) atoms. The first kappa shape index (κ1) is 19.6. The quantitative estimate of drug-likeness (QED) is 0.444. The van der Waals surface area contributed by atoms with Crippen molar-refractivity contribution in [2.75, 3.05) is 32.8 Å². The summed E-state index contributed by atoms with van der Waals surface area (Å²) in [6, 6.07) is 12.3. The van der Waals surface area contributed by atoms with Gasteiger partial charge >= 0.3 is 0 Å². The predicted molar refractivity (Wildman–Crippen MR) is 124 cm³/mol. The lowest BCUT2D eigenvalue weighted by molar-refractivity contribution is 0.353. The van der Waals surface area contributed by atoms with Crippen LogP contribution < -0.4 is 19.1 Å². The number of aromatic nitrogens is 2. The SMILES string of the molecule is COc1ccc(-c2csc3ncnc(N4CCc5cc(OC)c(OC)cc5C4)c23)cc1. The van der Waals surface area contributed by atoms with Crippen molar-refractivity contribution in [1.29, 1.82) is 0 Å². The highest BCUT2D eigenvalue weighted by atomic mass is 32.1. The molecule has 0 bridgehead atoms. The summed E-state index contributed by atoms with van der Waals surface area (Å²) in [4.78, 5) is 12.6. The predicted octanol–water partition coefficient (Wildman–Crippen LogP) is 4.95. The lowest BCUT2D eigenvalue weighted by Crippen LogP contribution is -2.31. The van der Waals surface area contributed by atoms with Gasteiger partial charge in [0.25, 0.3) is 0 Å². The molecule has 0 spiro atoms. The van der Waals surface area contributed by atoms with E-state index in [0.29, 0.717) is 0 Å². The van der Waals surface area contributed by atoms with Crippen LogP contribution in [-0.2, 0) is 13.0 Å². The maximum atomic E-state index is 5.52. The van der Waals surface area contributed by atoms with Gasteiger partial charge in [-0.1, -0.05) is 12.1 Å². The maximum absolute atomic E-state index is 5.52. The van der Waals surface area contributed by atoms with Gasteiger partial charge in [0.1, 0.15) is 22.7 Å². The summed E-state index contributed by atoms with van der Waals surface area (Å²) in [5.41, 5.74) is 4.81. The molecular formula is C24H23N3O3S. The van der Waals surface area contributed by atoms with Crippen molar-refractivity contribution in [3.05, 3.63) is 59.2 Å². The first-order chi connectivity index (χ1) is 15.2. The Kier molecular flexibility index (Phi) is 5.11. The van der Waals surface area contributed by atoms with E-state index in [2.05, 4.69) is 39.5 Å². The summed E-state index contributed by atoms with van der Waals surface area (Å²) in [7, 11) is 5.03. The summed E-state index contributed by atoms with van der Waals surface area (Å²) < 4.78 is 16.3. The monoisotopic (exact) mass is 433 g/mol. The van der Waals surface area contributed by atoms with Crippen molar-refractivity contribution < 1.29 is 14.2 Å². The number of nitrogens with zero attached hydrogens (tertiary/aromatic N) is 3. The zero-order chi connectivity index (χ0) is 21.4. The van der Waals surface area contributed by atoms with Crippen molar-refractivity contribution >= 4 is 27.4 Å². The Labute approximate surface area is 185 Å². The minimum absolute atomic E-state index is 0.755. The number of benzene rings is 2. The van der Waals surface area contributed by atoms with Crippen LogP contribution in [0.1, 0.15) is 11.1 Å². The molecule has 5 rings (SSSR count). The van der Waals surface area contributed by atoms with Crippen molar-refractivity contribution in [1.82, 2.24) is 9.97 Å². The number of anilines is 1. The molecule has 4 aromatic rings. The van der Waals surface area contributed by atoms with Gasteiger partial charge in [-0.25, -0.2) is 9.97 Å². The molecule has 2 aromatic heterocycles. The van der Waals surface area contributed by atoms with E-state index in [9.17, 15) is 0 Å². The molecule has 0 amide bonds. The number of rotatable bonds is 5. The highest BCUT2D eigenvalue weighted by Gasteiger charge is 2.24. The van der Waals surface area contributed by atoms with E-state index >= 15 is 0 Å². The summed E-state index contributed by atoms with van der Waals surface area (Å²) in [5, 5.41) is 3.26. The molecule has 1 aliphatic rings. The number of hydrogen-bond donors (Lipinski definition) is 0. The second kappa shape index (κ2) is 8.07. The normalized spacial score (nSPS) is 13.2.